The van der Waals surface area contributed by atoms with Crippen LogP contribution in [0.1, 0.15) is 12.6 Å². The predicted octanol–water partition coefficient (Wildman–Crippen LogP) is 1.36. The van der Waals surface area contributed by atoms with Crippen LogP contribution >= 0.6 is 0 Å². The molecule has 0 saturated heterocycles. The number of hydrogen-bond donors (Lipinski definition) is 0. The van der Waals surface area contributed by atoms with E-state index in [2.05, 4.69) is 15.1 Å². The zero-order valence-corrected chi connectivity index (χ0v) is 7.68. The van der Waals surface area contributed by atoms with Crippen molar-refractivity contribution in [3.8, 4) is 5.82 Å². The second-order valence-corrected chi connectivity index (χ2v) is 2.76. The molecule has 0 aromatic carbocycles. The lowest BCUT2D eigenvalue weighted by Gasteiger charge is -2.03. The average Bonchev–Trinajstić information content (AvgIpc) is 2.71. The Balaban J connectivity index is 2.54. The highest BCUT2D eigenvalue weighted by molar-refractivity contribution is 5.25. The van der Waals surface area contributed by atoms with E-state index in [1.807, 2.05) is 6.92 Å². The van der Waals surface area contributed by atoms with Crippen LogP contribution in [0.2, 0.25) is 0 Å². The fourth-order valence-corrected chi connectivity index (χ4v) is 1.20. The van der Waals surface area contributed by atoms with Crippen molar-refractivity contribution in [1.29, 1.82) is 0 Å². The standard InChI is InChI=1S/C9H9FN4/c1-2-7-8(10)9(12-6-11-7)14-5-3-4-13-14/h3-6H,2H2,1H3. The minimum atomic E-state index is -0.404. The Morgan fingerprint density at radius 3 is 2.93 bits per heavy atom. The molecule has 0 aliphatic carbocycles. The lowest BCUT2D eigenvalue weighted by atomic mass is 10.3. The molecule has 0 radical (unpaired) electrons. The minimum absolute atomic E-state index is 0.196. The first-order valence-electron chi connectivity index (χ1n) is 4.32. The summed E-state index contributed by atoms with van der Waals surface area (Å²) in [5, 5.41) is 3.91. The van der Waals surface area contributed by atoms with Gasteiger partial charge in [-0.05, 0) is 12.5 Å². The van der Waals surface area contributed by atoms with Gasteiger partial charge in [0.25, 0.3) is 0 Å². The zero-order chi connectivity index (χ0) is 9.97. The summed E-state index contributed by atoms with van der Waals surface area (Å²) in [6.07, 6.45) is 5.11. The molecule has 2 rings (SSSR count). The average molecular weight is 192 g/mol. The maximum absolute atomic E-state index is 13.7. The third-order valence-corrected chi connectivity index (χ3v) is 1.90. The summed E-state index contributed by atoms with van der Waals surface area (Å²) < 4.78 is 15.0. The first-order chi connectivity index (χ1) is 6.83. The first-order valence-corrected chi connectivity index (χ1v) is 4.32. The van der Waals surface area contributed by atoms with Crippen molar-refractivity contribution in [3.63, 3.8) is 0 Å². The number of aryl methyl sites for hydroxylation is 1. The second kappa shape index (κ2) is 3.53. The smallest absolute Gasteiger partial charge is 0.193 e. The van der Waals surface area contributed by atoms with Gasteiger partial charge in [-0.2, -0.15) is 5.10 Å². The Bertz CT molecular complexity index is 424. The van der Waals surface area contributed by atoms with Crippen LogP contribution in [-0.4, -0.2) is 19.7 Å². The first kappa shape index (κ1) is 8.80. The quantitative estimate of drug-likeness (QED) is 0.721. The summed E-state index contributed by atoms with van der Waals surface area (Å²) in [5.74, 6) is -0.208. The molecule has 0 spiro atoms. The van der Waals surface area contributed by atoms with Crippen molar-refractivity contribution >= 4 is 0 Å². The molecule has 2 aromatic rings. The molecule has 0 atom stereocenters. The van der Waals surface area contributed by atoms with Crippen molar-refractivity contribution < 1.29 is 4.39 Å². The van der Waals surface area contributed by atoms with E-state index in [1.165, 1.54) is 11.0 Å². The van der Waals surface area contributed by atoms with E-state index in [9.17, 15) is 4.39 Å². The molecule has 72 valence electrons. The predicted molar refractivity (Wildman–Crippen MR) is 48.5 cm³/mol. The molecule has 4 nitrogen and oxygen atoms in total. The van der Waals surface area contributed by atoms with Crippen molar-refractivity contribution in [2.24, 2.45) is 0 Å². The number of rotatable bonds is 2. The third kappa shape index (κ3) is 1.37. The molecule has 0 fully saturated rings. The molecule has 0 unspecified atom stereocenters. The lowest BCUT2D eigenvalue weighted by molar-refractivity contribution is 0.574. The molecule has 0 amide bonds. The second-order valence-electron chi connectivity index (χ2n) is 2.76. The number of aromatic nitrogens is 4. The maximum atomic E-state index is 13.7. The molecule has 0 N–H and O–H groups in total. The summed E-state index contributed by atoms with van der Waals surface area (Å²) >= 11 is 0. The lowest BCUT2D eigenvalue weighted by Crippen LogP contribution is -2.06. The van der Waals surface area contributed by atoms with Gasteiger partial charge < -0.3 is 0 Å². The molecule has 0 bridgehead atoms. The molecule has 0 aliphatic heterocycles. The van der Waals surface area contributed by atoms with Gasteiger partial charge in [0.2, 0.25) is 0 Å². The van der Waals surface area contributed by atoms with Gasteiger partial charge in [0.15, 0.2) is 11.6 Å². The van der Waals surface area contributed by atoms with E-state index in [4.69, 9.17) is 0 Å². The molecule has 2 aromatic heterocycles. The minimum Gasteiger partial charge on any atom is -0.238 e. The molecular weight excluding hydrogens is 183 g/mol. The largest absolute Gasteiger partial charge is 0.238 e. The van der Waals surface area contributed by atoms with Crippen LogP contribution in [0.5, 0.6) is 0 Å². The molecule has 0 aliphatic rings. The Hall–Kier alpha value is -1.78. The summed E-state index contributed by atoms with van der Waals surface area (Å²) in [4.78, 5) is 7.68. The van der Waals surface area contributed by atoms with Gasteiger partial charge in [0.05, 0.1) is 5.69 Å². The maximum Gasteiger partial charge on any atom is 0.193 e. The molecule has 5 heteroatoms. The highest BCUT2D eigenvalue weighted by Crippen LogP contribution is 2.11. The zero-order valence-electron chi connectivity index (χ0n) is 7.68. The Morgan fingerprint density at radius 1 is 1.43 bits per heavy atom. The van der Waals surface area contributed by atoms with Crippen molar-refractivity contribution in [2.45, 2.75) is 13.3 Å². The van der Waals surface area contributed by atoms with Crippen LogP contribution in [0.15, 0.2) is 24.8 Å². The van der Waals surface area contributed by atoms with Crippen molar-refractivity contribution in [2.75, 3.05) is 0 Å². The van der Waals surface area contributed by atoms with Gasteiger partial charge in [-0.1, -0.05) is 6.92 Å². The molecular formula is C9H9FN4. The monoisotopic (exact) mass is 192 g/mol. The molecule has 2 heterocycles. The van der Waals surface area contributed by atoms with Crippen molar-refractivity contribution in [3.05, 3.63) is 36.3 Å². The molecule has 14 heavy (non-hydrogen) atoms. The van der Waals surface area contributed by atoms with Gasteiger partial charge in [-0.3, -0.25) is 0 Å². The van der Waals surface area contributed by atoms with Crippen LogP contribution in [-0.2, 0) is 6.42 Å². The number of hydrogen-bond acceptors (Lipinski definition) is 3. The Morgan fingerprint density at radius 2 is 2.29 bits per heavy atom. The highest BCUT2D eigenvalue weighted by atomic mass is 19.1. The number of halogens is 1. The topological polar surface area (TPSA) is 43.6 Å². The summed E-state index contributed by atoms with van der Waals surface area (Å²) in [6.45, 7) is 1.85. The third-order valence-electron chi connectivity index (χ3n) is 1.90. The summed E-state index contributed by atoms with van der Waals surface area (Å²) in [6, 6.07) is 1.72. The van der Waals surface area contributed by atoms with Gasteiger partial charge in [0, 0.05) is 12.4 Å². The summed E-state index contributed by atoms with van der Waals surface area (Å²) in [5.41, 5.74) is 0.408. The summed E-state index contributed by atoms with van der Waals surface area (Å²) in [7, 11) is 0. The van der Waals surface area contributed by atoms with Crippen molar-refractivity contribution in [1.82, 2.24) is 19.7 Å². The van der Waals surface area contributed by atoms with Gasteiger partial charge in [-0.15, -0.1) is 0 Å². The SMILES string of the molecule is CCc1ncnc(-n2cccn2)c1F. The fraction of sp³-hybridized carbons (Fsp3) is 0.222. The van der Waals surface area contributed by atoms with E-state index in [0.717, 1.165) is 0 Å². The van der Waals surface area contributed by atoms with Crippen LogP contribution < -0.4 is 0 Å². The van der Waals surface area contributed by atoms with E-state index >= 15 is 0 Å². The van der Waals surface area contributed by atoms with Gasteiger partial charge >= 0.3 is 0 Å². The van der Waals surface area contributed by atoms with E-state index in [-0.39, 0.29) is 5.82 Å². The number of nitrogens with zero attached hydrogens (tertiary/aromatic N) is 4. The highest BCUT2D eigenvalue weighted by Gasteiger charge is 2.10. The van der Waals surface area contributed by atoms with E-state index in [1.54, 1.807) is 18.5 Å². The van der Waals surface area contributed by atoms with Crippen LogP contribution in [0, 0.1) is 5.82 Å². The Kier molecular flexibility index (Phi) is 2.22. The normalized spacial score (nSPS) is 10.4. The van der Waals surface area contributed by atoms with Crippen LogP contribution in [0.25, 0.3) is 5.82 Å². The van der Waals surface area contributed by atoms with Crippen LogP contribution in [0.3, 0.4) is 0 Å². The van der Waals surface area contributed by atoms with Crippen LogP contribution in [0.4, 0.5) is 4.39 Å². The van der Waals surface area contributed by atoms with E-state index < -0.39 is 5.82 Å². The van der Waals surface area contributed by atoms with Gasteiger partial charge in [0.1, 0.15) is 6.33 Å². The van der Waals surface area contributed by atoms with E-state index in [0.29, 0.717) is 12.1 Å². The molecule has 0 saturated carbocycles. The fourth-order valence-electron chi connectivity index (χ4n) is 1.20. The Labute approximate surface area is 80.4 Å². The van der Waals surface area contributed by atoms with Gasteiger partial charge in [-0.25, -0.2) is 19.0 Å².